The predicted molar refractivity (Wildman–Crippen MR) is 71.9 cm³/mol. The predicted octanol–water partition coefficient (Wildman–Crippen LogP) is 1.14. The fourth-order valence-electron chi connectivity index (χ4n) is 2.38. The summed E-state index contributed by atoms with van der Waals surface area (Å²) in [6, 6.07) is 0.633. The normalized spacial score (nSPS) is 18.3. The zero-order chi connectivity index (χ0) is 13.7. The highest BCUT2D eigenvalue weighted by molar-refractivity contribution is 4.91. The SMILES string of the molecule is CCNC(Cc1ncnn1C(C)C)CC1OCCO1. The largest absolute Gasteiger partial charge is 0.350 e. The van der Waals surface area contributed by atoms with Gasteiger partial charge < -0.3 is 14.8 Å². The quantitative estimate of drug-likeness (QED) is 0.803. The third-order valence-corrected chi connectivity index (χ3v) is 3.23. The molecule has 0 radical (unpaired) electrons. The second kappa shape index (κ2) is 6.98. The maximum Gasteiger partial charge on any atom is 0.159 e. The first kappa shape index (κ1) is 14.4. The molecule has 0 bridgehead atoms. The molecule has 0 saturated carbocycles. The maximum absolute atomic E-state index is 5.52. The van der Waals surface area contributed by atoms with Crippen molar-refractivity contribution in [1.82, 2.24) is 20.1 Å². The minimum Gasteiger partial charge on any atom is -0.350 e. The smallest absolute Gasteiger partial charge is 0.159 e. The number of nitrogens with zero attached hydrogens (tertiary/aromatic N) is 3. The zero-order valence-electron chi connectivity index (χ0n) is 12.0. The van der Waals surface area contributed by atoms with E-state index in [2.05, 4.69) is 36.2 Å². The van der Waals surface area contributed by atoms with Crippen LogP contribution < -0.4 is 5.32 Å². The molecule has 1 aliphatic rings. The lowest BCUT2D eigenvalue weighted by molar-refractivity contribution is -0.0527. The van der Waals surface area contributed by atoms with Gasteiger partial charge in [-0.05, 0) is 20.4 Å². The summed E-state index contributed by atoms with van der Waals surface area (Å²) < 4.78 is 13.0. The Kier molecular flexibility index (Phi) is 5.30. The van der Waals surface area contributed by atoms with Crippen LogP contribution in [0.3, 0.4) is 0 Å². The Morgan fingerprint density at radius 2 is 2.16 bits per heavy atom. The highest BCUT2D eigenvalue weighted by Crippen LogP contribution is 2.14. The summed E-state index contributed by atoms with van der Waals surface area (Å²) in [5.41, 5.74) is 0. The van der Waals surface area contributed by atoms with E-state index in [0.717, 1.165) is 25.2 Å². The van der Waals surface area contributed by atoms with Crippen LogP contribution in [0.5, 0.6) is 0 Å². The Hall–Kier alpha value is -0.980. The van der Waals surface area contributed by atoms with Crippen LogP contribution in [-0.4, -0.2) is 46.9 Å². The number of hydrogen-bond donors (Lipinski definition) is 1. The molecule has 1 aromatic heterocycles. The minimum absolute atomic E-state index is 0.0838. The third-order valence-electron chi connectivity index (χ3n) is 3.23. The Morgan fingerprint density at radius 1 is 1.42 bits per heavy atom. The van der Waals surface area contributed by atoms with Gasteiger partial charge in [0.05, 0.1) is 13.2 Å². The van der Waals surface area contributed by atoms with Crippen LogP contribution in [0.15, 0.2) is 6.33 Å². The molecule has 1 unspecified atom stereocenters. The van der Waals surface area contributed by atoms with E-state index in [0.29, 0.717) is 25.3 Å². The van der Waals surface area contributed by atoms with Crippen molar-refractivity contribution in [3.05, 3.63) is 12.2 Å². The molecule has 6 nitrogen and oxygen atoms in total. The number of nitrogens with one attached hydrogen (secondary N) is 1. The van der Waals surface area contributed by atoms with Crippen molar-refractivity contribution in [1.29, 1.82) is 0 Å². The number of rotatable bonds is 7. The molecule has 1 saturated heterocycles. The lowest BCUT2D eigenvalue weighted by atomic mass is 10.1. The molecule has 1 aromatic rings. The monoisotopic (exact) mass is 268 g/mol. The first-order valence-corrected chi connectivity index (χ1v) is 7.05. The second-order valence-electron chi connectivity index (χ2n) is 5.08. The highest BCUT2D eigenvalue weighted by Gasteiger charge is 2.22. The molecule has 1 N–H and O–H groups in total. The Balaban J connectivity index is 1.96. The number of likely N-dealkylation sites (N-methyl/N-ethyl adjacent to an activating group) is 1. The first-order chi connectivity index (χ1) is 9.20. The van der Waals surface area contributed by atoms with Gasteiger partial charge in [-0.1, -0.05) is 6.92 Å². The van der Waals surface area contributed by atoms with E-state index < -0.39 is 0 Å². The van der Waals surface area contributed by atoms with Gasteiger partial charge in [-0.15, -0.1) is 0 Å². The van der Waals surface area contributed by atoms with Crippen molar-refractivity contribution < 1.29 is 9.47 Å². The van der Waals surface area contributed by atoms with E-state index in [1.165, 1.54) is 0 Å². The van der Waals surface area contributed by atoms with Gasteiger partial charge in [-0.3, -0.25) is 0 Å². The average molecular weight is 268 g/mol. The summed E-state index contributed by atoms with van der Waals surface area (Å²) >= 11 is 0. The van der Waals surface area contributed by atoms with Gasteiger partial charge in [0.1, 0.15) is 12.2 Å². The fourth-order valence-corrected chi connectivity index (χ4v) is 2.38. The molecule has 108 valence electrons. The summed E-state index contributed by atoms with van der Waals surface area (Å²) in [4.78, 5) is 4.36. The van der Waals surface area contributed by atoms with Crippen LogP contribution >= 0.6 is 0 Å². The van der Waals surface area contributed by atoms with Crippen molar-refractivity contribution >= 4 is 0 Å². The summed E-state index contributed by atoms with van der Waals surface area (Å²) in [6.45, 7) is 8.66. The summed E-state index contributed by atoms with van der Waals surface area (Å²) in [5, 5.41) is 7.75. The van der Waals surface area contributed by atoms with E-state index in [9.17, 15) is 0 Å². The summed E-state index contributed by atoms with van der Waals surface area (Å²) in [5.74, 6) is 1.01. The Labute approximate surface area is 114 Å². The number of aromatic nitrogens is 3. The van der Waals surface area contributed by atoms with Gasteiger partial charge in [0.15, 0.2) is 6.29 Å². The highest BCUT2D eigenvalue weighted by atomic mass is 16.7. The minimum atomic E-state index is -0.0838. The van der Waals surface area contributed by atoms with Gasteiger partial charge >= 0.3 is 0 Å². The van der Waals surface area contributed by atoms with Crippen molar-refractivity contribution in [2.24, 2.45) is 0 Å². The van der Waals surface area contributed by atoms with Crippen LogP contribution in [-0.2, 0) is 15.9 Å². The van der Waals surface area contributed by atoms with Gasteiger partial charge in [0.25, 0.3) is 0 Å². The number of hydrogen-bond acceptors (Lipinski definition) is 5. The lowest BCUT2D eigenvalue weighted by Crippen LogP contribution is -2.35. The van der Waals surface area contributed by atoms with Crippen LogP contribution in [0.4, 0.5) is 0 Å². The van der Waals surface area contributed by atoms with E-state index in [-0.39, 0.29) is 6.29 Å². The van der Waals surface area contributed by atoms with Crippen LogP contribution in [0.1, 0.15) is 39.1 Å². The Morgan fingerprint density at radius 3 is 2.79 bits per heavy atom. The van der Waals surface area contributed by atoms with E-state index >= 15 is 0 Å². The number of ether oxygens (including phenoxy) is 2. The third kappa shape index (κ3) is 3.99. The molecule has 0 amide bonds. The molecule has 0 spiro atoms. The van der Waals surface area contributed by atoms with Gasteiger partial charge in [0.2, 0.25) is 0 Å². The molecular weight excluding hydrogens is 244 g/mol. The molecule has 1 fully saturated rings. The van der Waals surface area contributed by atoms with Gasteiger partial charge in [0, 0.05) is 24.9 Å². The molecule has 1 aliphatic heterocycles. The van der Waals surface area contributed by atoms with Crippen molar-refractivity contribution in [3.63, 3.8) is 0 Å². The van der Waals surface area contributed by atoms with Crippen LogP contribution in [0, 0.1) is 0 Å². The topological polar surface area (TPSA) is 61.2 Å². The molecule has 2 rings (SSSR count). The molecular formula is C13H24N4O2. The second-order valence-corrected chi connectivity index (χ2v) is 5.08. The lowest BCUT2D eigenvalue weighted by Gasteiger charge is -2.21. The van der Waals surface area contributed by atoms with E-state index in [1.54, 1.807) is 6.33 Å². The molecule has 1 atom stereocenters. The Bertz CT molecular complexity index is 374. The van der Waals surface area contributed by atoms with E-state index in [4.69, 9.17) is 9.47 Å². The average Bonchev–Trinajstić information content (AvgIpc) is 3.00. The summed E-state index contributed by atoms with van der Waals surface area (Å²) in [7, 11) is 0. The van der Waals surface area contributed by atoms with Crippen LogP contribution in [0.25, 0.3) is 0 Å². The van der Waals surface area contributed by atoms with E-state index in [1.807, 2.05) is 4.68 Å². The summed E-state index contributed by atoms with van der Waals surface area (Å²) in [6.07, 6.45) is 3.23. The first-order valence-electron chi connectivity index (χ1n) is 7.05. The molecule has 6 heteroatoms. The van der Waals surface area contributed by atoms with Crippen LogP contribution in [0.2, 0.25) is 0 Å². The standard InChI is InChI=1S/C13H24N4O2/c1-4-14-11(8-13-18-5-6-19-13)7-12-15-9-16-17(12)10(2)3/h9-11,13-14H,4-8H2,1-3H3. The molecule has 19 heavy (non-hydrogen) atoms. The van der Waals surface area contributed by atoms with Gasteiger partial charge in [-0.25, -0.2) is 9.67 Å². The molecule has 2 heterocycles. The van der Waals surface area contributed by atoms with Gasteiger partial charge in [-0.2, -0.15) is 5.10 Å². The van der Waals surface area contributed by atoms with Crippen molar-refractivity contribution in [2.75, 3.05) is 19.8 Å². The zero-order valence-corrected chi connectivity index (χ0v) is 12.0. The fraction of sp³-hybridized carbons (Fsp3) is 0.846. The maximum atomic E-state index is 5.52. The molecule has 0 aliphatic carbocycles. The molecule has 0 aromatic carbocycles. The van der Waals surface area contributed by atoms with Crippen molar-refractivity contribution in [3.8, 4) is 0 Å². The van der Waals surface area contributed by atoms with Crippen molar-refractivity contribution in [2.45, 2.75) is 52.0 Å².